The highest BCUT2D eigenvalue weighted by Crippen LogP contribution is 2.48. The van der Waals surface area contributed by atoms with Crippen molar-refractivity contribution < 1.29 is 19.0 Å². The molecule has 1 atom stereocenters. The summed E-state index contributed by atoms with van der Waals surface area (Å²) in [5.74, 6) is -1.78. The quantitative estimate of drug-likeness (QED) is 0.165. The largest absolute Gasteiger partial charge is 0.464 e. The maximum atomic E-state index is 13.7. The number of carbonyl (C=O) groups excluding carboxylic acids is 1. The number of thiophene rings is 6. The second-order valence-corrected chi connectivity index (χ2v) is 16.5. The first-order chi connectivity index (χ1) is 21.1. The number of hydrogen-bond donors (Lipinski definition) is 0. The van der Waals surface area contributed by atoms with E-state index in [1.54, 1.807) is 34.0 Å². The molecule has 1 aliphatic rings. The lowest BCUT2D eigenvalue weighted by molar-refractivity contribution is -0.124. The van der Waals surface area contributed by atoms with Gasteiger partial charge in [-0.2, -0.15) is 0 Å². The van der Waals surface area contributed by atoms with Gasteiger partial charge in [-0.25, -0.2) is 0 Å². The van der Waals surface area contributed by atoms with Crippen molar-refractivity contribution in [1.82, 2.24) is 0 Å². The molecule has 1 aliphatic carbocycles. The third-order valence-electron chi connectivity index (χ3n) is 7.79. The lowest BCUT2D eigenvalue weighted by Gasteiger charge is -2.16. The second kappa shape index (κ2) is 9.01. The van der Waals surface area contributed by atoms with E-state index < -0.39 is 11.9 Å². The van der Waals surface area contributed by atoms with E-state index >= 15 is 0 Å². The summed E-state index contributed by atoms with van der Waals surface area (Å²) in [6, 6.07) is 25.4. The molecular formula is C33H16O4S6. The van der Waals surface area contributed by atoms with Gasteiger partial charge in [0, 0.05) is 28.2 Å². The Kier molecular flexibility index (Phi) is 5.21. The van der Waals surface area contributed by atoms with E-state index in [-0.39, 0.29) is 5.78 Å². The number of fused-ring (bicyclic) bond motifs is 6. The van der Waals surface area contributed by atoms with Crippen LogP contribution in [0.5, 0.6) is 15.2 Å². The molecule has 9 aromatic rings. The van der Waals surface area contributed by atoms with E-state index in [2.05, 4.69) is 70.7 Å². The standard InChI is InChI=1S/C33H16O4S6/c34-31-32(35-28-13-19-10-22-16(1-4-38-22)7-25(19)41-28)33(31,36-29-14-20-11-23-17(2-5-39-23)8-26(20)42-29)37-30-15-21-12-24-18(3-6-40-24)9-27(21)43-30/h1-15,32H. The van der Waals surface area contributed by atoms with Crippen LogP contribution in [-0.2, 0) is 4.79 Å². The van der Waals surface area contributed by atoms with Crippen molar-refractivity contribution >= 4 is 134 Å². The first-order valence-electron chi connectivity index (χ1n) is 13.4. The molecule has 0 radical (unpaired) electrons. The van der Waals surface area contributed by atoms with Gasteiger partial charge in [0.2, 0.25) is 0 Å². The van der Waals surface area contributed by atoms with Gasteiger partial charge in [0.25, 0.3) is 11.9 Å². The molecule has 4 nitrogen and oxygen atoms in total. The zero-order valence-electron chi connectivity index (χ0n) is 21.8. The smallest absolute Gasteiger partial charge is 0.363 e. The van der Waals surface area contributed by atoms with Crippen molar-refractivity contribution in [3.63, 3.8) is 0 Å². The first-order valence-corrected chi connectivity index (χ1v) is 18.5. The highest BCUT2D eigenvalue weighted by atomic mass is 32.1. The van der Waals surface area contributed by atoms with Gasteiger partial charge >= 0.3 is 5.79 Å². The van der Waals surface area contributed by atoms with Crippen LogP contribution in [0.1, 0.15) is 0 Å². The molecule has 3 aromatic carbocycles. The van der Waals surface area contributed by atoms with E-state index in [9.17, 15) is 4.79 Å². The van der Waals surface area contributed by atoms with E-state index in [0.717, 1.165) is 30.3 Å². The summed E-state index contributed by atoms with van der Waals surface area (Å²) in [6.07, 6.45) is -0.885. The highest BCUT2D eigenvalue weighted by molar-refractivity contribution is 7.22. The number of ether oxygens (including phenoxy) is 3. The average molecular weight is 669 g/mol. The molecule has 43 heavy (non-hydrogen) atoms. The van der Waals surface area contributed by atoms with Gasteiger partial charge in [0.15, 0.2) is 15.2 Å². The van der Waals surface area contributed by atoms with Crippen LogP contribution < -0.4 is 14.2 Å². The molecule has 0 saturated heterocycles. The van der Waals surface area contributed by atoms with Crippen LogP contribution in [0.15, 0.2) is 88.9 Å². The molecule has 10 heteroatoms. The molecule has 6 heterocycles. The SMILES string of the molecule is O=C1C(Oc2cc3cc4sccc4cc3s2)C1(Oc1cc2cc3sccc3cc2s1)Oc1cc2cc3sccc3cc2s1. The fourth-order valence-electron chi connectivity index (χ4n) is 5.59. The third-order valence-corrected chi connectivity index (χ3v) is 13.4. The van der Waals surface area contributed by atoms with Crippen molar-refractivity contribution in [3.05, 3.63) is 88.9 Å². The van der Waals surface area contributed by atoms with Gasteiger partial charge in [-0.05, 0) is 121 Å². The van der Waals surface area contributed by atoms with Crippen LogP contribution in [0.25, 0.3) is 60.5 Å². The van der Waals surface area contributed by atoms with Gasteiger partial charge < -0.3 is 14.2 Å². The number of hydrogen-bond acceptors (Lipinski definition) is 10. The fraction of sp³-hybridized carbons (Fsp3) is 0.0606. The summed E-state index contributed by atoms with van der Waals surface area (Å²) in [4.78, 5) is 13.7. The maximum Gasteiger partial charge on any atom is 0.363 e. The first kappa shape index (κ1) is 24.9. The summed E-state index contributed by atoms with van der Waals surface area (Å²) in [7, 11) is 0. The zero-order chi connectivity index (χ0) is 28.3. The van der Waals surface area contributed by atoms with Crippen LogP contribution in [0.4, 0.5) is 0 Å². The van der Waals surface area contributed by atoms with E-state index in [1.165, 1.54) is 64.3 Å². The van der Waals surface area contributed by atoms with Gasteiger partial charge in [-0.15, -0.1) is 34.0 Å². The minimum absolute atomic E-state index is 0.220. The predicted octanol–water partition coefficient (Wildman–Crippen LogP) is 11.2. The van der Waals surface area contributed by atoms with Crippen LogP contribution in [0.3, 0.4) is 0 Å². The second-order valence-electron chi connectivity index (χ2n) is 10.5. The molecular weight excluding hydrogens is 653 g/mol. The highest BCUT2D eigenvalue weighted by Gasteiger charge is 2.75. The molecule has 0 bridgehead atoms. The average Bonchev–Trinajstić information content (AvgIpc) is 3.76. The van der Waals surface area contributed by atoms with E-state index in [1.807, 2.05) is 18.2 Å². The van der Waals surface area contributed by atoms with Crippen molar-refractivity contribution in [2.24, 2.45) is 0 Å². The van der Waals surface area contributed by atoms with Crippen molar-refractivity contribution in [2.45, 2.75) is 11.9 Å². The van der Waals surface area contributed by atoms with Gasteiger partial charge in [-0.3, -0.25) is 4.79 Å². The Morgan fingerprint density at radius 3 is 1.35 bits per heavy atom. The molecule has 1 saturated carbocycles. The normalized spacial score (nSPS) is 16.4. The number of rotatable bonds is 6. The molecule has 6 aromatic heterocycles. The Bertz CT molecular complexity index is 2300. The Hall–Kier alpha value is -3.51. The lowest BCUT2D eigenvalue weighted by atomic mass is 10.2. The van der Waals surface area contributed by atoms with Crippen LogP contribution in [-0.4, -0.2) is 17.7 Å². The number of benzene rings is 3. The Labute approximate surface area is 267 Å². The van der Waals surface area contributed by atoms with E-state index in [0.29, 0.717) is 15.2 Å². The topological polar surface area (TPSA) is 44.8 Å². The van der Waals surface area contributed by atoms with Crippen LogP contribution >= 0.6 is 68.0 Å². The van der Waals surface area contributed by atoms with Crippen molar-refractivity contribution in [3.8, 4) is 15.2 Å². The fourth-order valence-corrected chi connectivity index (χ4v) is 11.0. The minimum Gasteiger partial charge on any atom is -0.464 e. The maximum absolute atomic E-state index is 13.7. The summed E-state index contributed by atoms with van der Waals surface area (Å²) in [5, 5.41) is 15.1. The van der Waals surface area contributed by atoms with Gasteiger partial charge in [0.05, 0.1) is 0 Å². The monoisotopic (exact) mass is 668 g/mol. The summed E-state index contributed by atoms with van der Waals surface area (Å²) in [5.41, 5.74) is 0. The Balaban J connectivity index is 1.03. The Morgan fingerprint density at radius 2 is 0.884 bits per heavy atom. The van der Waals surface area contributed by atoms with Crippen molar-refractivity contribution in [1.29, 1.82) is 0 Å². The van der Waals surface area contributed by atoms with Crippen LogP contribution in [0, 0.1) is 0 Å². The van der Waals surface area contributed by atoms with E-state index in [4.69, 9.17) is 14.2 Å². The predicted molar refractivity (Wildman–Crippen MR) is 185 cm³/mol. The molecule has 0 amide bonds. The summed E-state index contributed by atoms with van der Waals surface area (Å²) >= 11 is 9.73. The molecule has 0 N–H and O–H groups in total. The third kappa shape index (κ3) is 3.91. The molecule has 10 rings (SSSR count). The molecule has 208 valence electrons. The number of Topliss-reactive ketones (excluding diaryl/α,β-unsaturated/α-hetero) is 1. The number of ketones is 1. The van der Waals surface area contributed by atoms with Crippen molar-refractivity contribution in [2.75, 3.05) is 0 Å². The number of carbonyl (C=O) groups is 1. The Morgan fingerprint density at radius 1 is 0.488 bits per heavy atom. The molecule has 1 fully saturated rings. The van der Waals surface area contributed by atoms with Crippen LogP contribution in [0.2, 0.25) is 0 Å². The minimum atomic E-state index is -1.56. The lowest BCUT2D eigenvalue weighted by Crippen LogP contribution is -2.33. The van der Waals surface area contributed by atoms with Gasteiger partial charge in [0.1, 0.15) is 0 Å². The molecule has 0 spiro atoms. The summed E-state index contributed by atoms with van der Waals surface area (Å²) < 4.78 is 26.4. The summed E-state index contributed by atoms with van der Waals surface area (Å²) in [6.45, 7) is 0. The zero-order valence-corrected chi connectivity index (χ0v) is 26.7. The molecule has 0 aliphatic heterocycles. The van der Waals surface area contributed by atoms with Gasteiger partial charge in [-0.1, -0.05) is 34.0 Å². The molecule has 1 unspecified atom stereocenters.